The second-order valence-electron chi connectivity index (χ2n) is 6.88. The highest BCUT2D eigenvalue weighted by Crippen LogP contribution is 2.26. The van der Waals surface area contributed by atoms with Gasteiger partial charge < -0.3 is 10.1 Å². The van der Waals surface area contributed by atoms with Crippen LogP contribution >= 0.6 is 28.1 Å². The van der Waals surface area contributed by atoms with E-state index in [1.807, 2.05) is 13.0 Å². The van der Waals surface area contributed by atoms with Gasteiger partial charge in [-0.1, -0.05) is 0 Å². The summed E-state index contributed by atoms with van der Waals surface area (Å²) in [7, 11) is 1.55. The summed E-state index contributed by atoms with van der Waals surface area (Å²) in [5.74, 6) is -0.0583. The SMILES string of the molecule is COc1ccc(C(=O)NC(=S)Nc2cc3nn(-c4ccc(F)cc4)nc3cc2C)cc1Br. The van der Waals surface area contributed by atoms with E-state index in [1.54, 1.807) is 43.5 Å². The maximum absolute atomic E-state index is 13.2. The number of aryl methyl sites for hydroxylation is 1. The van der Waals surface area contributed by atoms with Gasteiger partial charge in [0.15, 0.2) is 5.11 Å². The molecule has 0 atom stereocenters. The van der Waals surface area contributed by atoms with Gasteiger partial charge >= 0.3 is 0 Å². The summed E-state index contributed by atoms with van der Waals surface area (Å²) < 4.78 is 19.0. The Balaban J connectivity index is 1.51. The normalized spacial score (nSPS) is 10.8. The van der Waals surface area contributed by atoms with E-state index in [2.05, 4.69) is 36.8 Å². The Bertz CT molecular complexity index is 1340. The molecule has 0 aliphatic heterocycles. The van der Waals surface area contributed by atoms with Gasteiger partial charge in [-0.25, -0.2) is 4.39 Å². The lowest BCUT2D eigenvalue weighted by atomic mass is 10.2. The standard InChI is InChI=1S/C22H17BrFN5O2S/c1-12-9-18-19(28-29(27-18)15-6-4-14(24)5-7-15)11-17(12)25-22(32)26-21(30)13-3-8-20(31-2)16(23)10-13/h3-11H,1-2H3,(H2,25,26,30,32). The van der Waals surface area contributed by atoms with Crippen molar-refractivity contribution >= 4 is 55.9 Å². The van der Waals surface area contributed by atoms with Crippen molar-refractivity contribution in [3.63, 3.8) is 0 Å². The fourth-order valence-electron chi connectivity index (χ4n) is 3.03. The van der Waals surface area contributed by atoms with E-state index in [1.165, 1.54) is 16.9 Å². The Labute approximate surface area is 196 Å². The van der Waals surface area contributed by atoms with Gasteiger partial charge in [-0.05, 0) is 95.2 Å². The van der Waals surface area contributed by atoms with Crippen LogP contribution in [0.25, 0.3) is 16.7 Å². The molecule has 0 saturated heterocycles. The summed E-state index contributed by atoms with van der Waals surface area (Å²) >= 11 is 8.68. The lowest BCUT2D eigenvalue weighted by molar-refractivity contribution is 0.0977. The minimum absolute atomic E-state index is 0.148. The minimum Gasteiger partial charge on any atom is -0.496 e. The number of carbonyl (C=O) groups excluding carboxylic acids is 1. The maximum atomic E-state index is 13.2. The number of anilines is 1. The van der Waals surface area contributed by atoms with Crippen molar-refractivity contribution in [1.82, 2.24) is 20.3 Å². The van der Waals surface area contributed by atoms with Crippen molar-refractivity contribution in [3.05, 3.63) is 76.0 Å². The molecule has 10 heteroatoms. The summed E-state index contributed by atoms with van der Waals surface area (Å²) in [4.78, 5) is 14.0. The Kier molecular flexibility index (Phi) is 6.15. The van der Waals surface area contributed by atoms with Crippen LogP contribution < -0.4 is 15.4 Å². The molecule has 0 fully saturated rings. The Morgan fingerprint density at radius 3 is 2.44 bits per heavy atom. The number of aromatic nitrogens is 3. The summed E-state index contributed by atoms with van der Waals surface area (Å²) in [6, 6.07) is 14.5. The Hall–Kier alpha value is -3.37. The molecule has 3 aromatic carbocycles. The summed E-state index contributed by atoms with van der Waals surface area (Å²) in [5.41, 5.74) is 3.92. The van der Waals surface area contributed by atoms with E-state index in [9.17, 15) is 9.18 Å². The number of rotatable bonds is 4. The molecule has 2 N–H and O–H groups in total. The first kappa shape index (κ1) is 21.8. The molecule has 0 unspecified atom stereocenters. The molecule has 32 heavy (non-hydrogen) atoms. The summed E-state index contributed by atoms with van der Waals surface area (Å²) in [5, 5.41) is 14.7. The number of methoxy groups -OCH3 is 1. The molecule has 0 bridgehead atoms. The number of carbonyl (C=O) groups is 1. The molecule has 162 valence electrons. The number of ether oxygens (including phenoxy) is 1. The summed E-state index contributed by atoms with van der Waals surface area (Å²) in [6.45, 7) is 1.89. The van der Waals surface area contributed by atoms with Gasteiger partial charge in [0, 0.05) is 11.3 Å². The van der Waals surface area contributed by atoms with E-state index < -0.39 is 0 Å². The van der Waals surface area contributed by atoms with E-state index >= 15 is 0 Å². The van der Waals surface area contributed by atoms with Crippen LogP contribution in [0.1, 0.15) is 15.9 Å². The van der Waals surface area contributed by atoms with Crippen LogP contribution in [-0.4, -0.2) is 33.1 Å². The van der Waals surface area contributed by atoms with Gasteiger partial charge in [-0.2, -0.15) is 4.80 Å². The van der Waals surface area contributed by atoms with Crippen molar-refractivity contribution < 1.29 is 13.9 Å². The number of nitrogens with one attached hydrogen (secondary N) is 2. The molecule has 0 spiro atoms. The van der Waals surface area contributed by atoms with E-state index in [4.69, 9.17) is 17.0 Å². The Morgan fingerprint density at radius 1 is 1.09 bits per heavy atom. The number of halogens is 2. The van der Waals surface area contributed by atoms with Crippen molar-refractivity contribution in [1.29, 1.82) is 0 Å². The fraction of sp³-hybridized carbons (Fsp3) is 0.0909. The van der Waals surface area contributed by atoms with Gasteiger partial charge in [0.25, 0.3) is 5.91 Å². The van der Waals surface area contributed by atoms with Crippen LogP contribution in [0.3, 0.4) is 0 Å². The number of amides is 1. The van der Waals surface area contributed by atoms with Crippen LogP contribution in [0.2, 0.25) is 0 Å². The lowest BCUT2D eigenvalue weighted by Crippen LogP contribution is -2.34. The highest BCUT2D eigenvalue weighted by Gasteiger charge is 2.13. The average molecular weight is 514 g/mol. The molecule has 1 heterocycles. The quantitative estimate of drug-likeness (QED) is 0.382. The van der Waals surface area contributed by atoms with Crippen molar-refractivity contribution in [2.75, 3.05) is 12.4 Å². The van der Waals surface area contributed by atoms with Crippen molar-refractivity contribution in [2.24, 2.45) is 0 Å². The zero-order valence-corrected chi connectivity index (χ0v) is 19.4. The molecular formula is C22H17BrFN5O2S. The molecule has 0 saturated carbocycles. The first-order valence-corrected chi connectivity index (χ1v) is 10.6. The maximum Gasteiger partial charge on any atom is 0.257 e. The number of nitrogens with zero attached hydrogens (tertiary/aromatic N) is 3. The average Bonchev–Trinajstić information content (AvgIpc) is 3.17. The van der Waals surface area contributed by atoms with E-state index in [0.717, 1.165) is 5.56 Å². The van der Waals surface area contributed by atoms with Gasteiger partial charge in [0.1, 0.15) is 22.6 Å². The molecule has 0 aliphatic carbocycles. The number of benzene rings is 3. The van der Waals surface area contributed by atoms with Crippen LogP contribution in [0.5, 0.6) is 5.75 Å². The van der Waals surface area contributed by atoms with Crippen LogP contribution in [0, 0.1) is 12.7 Å². The molecule has 1 amide bonds. The van der Waals surface area contributed by atoms with Gasteiger partial charge in [0.05, 0.1) is 17.3 Å². The zero-order valence-electron chi connectivity index (χ0n) is 17.0. The summed E-state index contributed by atoms with van der Waals surface area (Å²) in [6.07, 6.45) is 0. The molecule has 4 rings (SSSR count). The van der Waals surface area contributed by atoms with Crippen LogP contribution in [0.4, 0.5) is 10.1 Å². The highest BCUT2D eigenvalue weighted by molar-refractivity contribution is 9.10. The molecule has 4 aromatic rings. The third kappa shape index (κ3) is 4.61. The molecule has 0 radical (unpaired) electrons. The second-order valence-corrected chi connectivity index (χ2v) is 8.14. The predicted octanol–water partition coefficient (Wildman–Crippen LogP) is 4.77. The third-order valence-electron chi connectivity index (χ3n) is 4.67. The first-order valence-electron chi connectivity index (χ1n) is 9.43. The first-order chi connectivity index (χ1) is 15.3. The molecule has 7 nitrogen and oxygen atoms in total. The van der Waals surface area contributed by atoms with Gasteiger partial charge in [0.2, 0.25) is 0 Å². The van der Waals surface area contributed by atoms with Crippen molar-refractivity contribution in [3.8, 4) is 11.4 Å². The van der Waals surface area contributed by atoms with Gasteiger partial charge in [-0.3, -0.25) is 10.1 Å². The van der Waals surface area contributed by atoms with Crippen LogP contribution in [0.15, 0.2) is 59.1 Å². The number of hydrogen-bond acceptors (Lipinski definition) is 5. The number of fused-ring (bicyclic) bond motifs is 1. The van der Waals surface area contributed by atoms with Gasteiger partial charge in [-0.15, -0.1) is 10.2 Å². The second kappa shape index (κ2) is 9.01. The smallest absolute Gasteiger partial charge is 0.257 e. The fourth-order valence-corrected chi connectivity index (χ4v) is 3.77. The molecular weight excluding hydrogens is 497 g/mol. The third-order valence-corrected chi connectivity index (χ3v) is 5.50. The monoisotopic (exact) mass is 513 g/mol. The Morgan fingerprint density at radius 2 is 1.78 bits per heavy atom. The number of hydrogen-bond donors (Lipinski definition) is 2. The molecule has 0 aliphatic rings. The minimum atomic E-state index is -0.355. The largest absolute Gasteiger partial charge is 0.496 e. The number of thiocarbonyl (C=S) groups is 1. The topological polar surface area (TPSA) is 81.1 Å². The van der Waals surface area contributed by atoms with Crippen molar-refractivity contribution in [2.45, 2.75) is 6.92 Å². The zero-order chi connectivity index (χ0) is 22.8. The van der Waals surface area contributed by atoms with Crippen LogP contribution in [-0.2, 0) is 0 Å². The highest BCUT2D eigenvalue weighted by atomic mass is 79.9. The predicted molar refractivity (Wildman–Crippen MR) is 128 cm³/mol. The molecule has 1 aromatic heterocycles. The lowest BCUT2D eigenvalue weighted by Gasteiger charge is -2.12. The van der Waals surface area contributed by atoms with E-state index in [-0.39, 0.29) is 16.8 Å². The van der Waals surface area contributed by atoms with E-state index in [0.29, 0.717) is 38.2 Å².